The number of aromatic nitrogens is 4. The van der Waals surface area contributed by atoms with Crippen molar-refractivity contribution in [2.45, 2.75) is 0 Å². The predicted octanol–water partition coefficient (Wildman–Crippen LogP) is 7.29. The summed E-state index contributed by atoms with van der Waals surface area (Å²) in [6, 6.07) is 34.8. The number of benzene rings is 3. The average molecular weight is 453 g/mol. The fraction of sp³-hybridized carbons (Fsp3) is 0. The lowest BCUT2D eigenvalue weighted by atomic mass is 10.1. The van der Waals surface area contributed by atoms with Crippen LogP contribution in [-0.2, 0) is 0 Å². The molecule has 166 valence electrons. The van der Waals surface area contributed by atoms with Crippen molar-refractivity contribution >= 4 is 27.5 Å². The molecule has 7 rings (SSSR count). The highest BCUT2D eigenvalue weighted by Crippen LogP contribution is 2.33. The van der Waals surface area contributed by atoms with Crippen LogP contribution in [0.15, 0.2) is 122 Å². The second-order valence-corrected chi connectivity index (χ2v) is 8.44. The maximum atomic E-state index is 6.32. The van der Waals surface area contributed by atoms with E-state index >= 15 is 0 Å². The van der Waals surface area contributed by atoms with Gasteiger partial charge in [-0.05, 0) is 54.6 Å². The molecule has 35 heavy (non-hydrogen) atoms. The van der Waals surface area contributed by atoms with Crippen LogP contribution in [0.5, 0.6) is 11.5 Å². The number of rotatable bonds is 4. The van der Waals surface area contributed by atoms with Gasteiger partial charge in [0, 0.05) is 34.8 Å². The molecular formula is C30H20N4O. The highest BCUT2D eigenvalue weighted by molar-refractivity contribution is 6.07. The average Bonchev–Trinajstić information content (AvgIpc) is 3.49. The zero-order chi connectivity index (χ0) is 23.2. The van der Waals surface area contributed by atoms with E-state index in [0.29, 0.717) is 0 Å². The van der Waals surface area contributed by atoms with Crippen LogP contribution in [0.1, 0.15) is 0 Å². The van der Waals surface area contributed by atoms with Crippen LogP contribution in [0.4, 0.5) is 0 Å². The molecule has 4 heterocycles. The van der Waals surface area contributed by atoms with Crippen molar-refractivity contribution in [3.63, 3.8) is 0 Å². The van der Waals surface area contributed by atoms with Gasteiger partial charge < -0.3 is 9.14 Å². The van der Waals surface area contributed by atoms with Gasteiger partial charge >= 0.3 is 0 Å². The van der Waals surface area contributed by atoms with E-state index in [4.69, 9.17) is 4.74 Å². The van der Waals surface area contributed by atoms with Crippen molar-refractivity contribution in [2.24, 2.45) is 0 Å². The molecule has 4 aromatic heterocycles. The number of ether oxygens (including phenoxy) is 1. The summed E-state index contributed by atoms with van der Waals surface area (Å²) in [5, 5.41) is 2.32. The minimum Gasteiger partial charge on any atom is -0.457 e. The standard InChI is InChI=1S/C30H20N4O/c1-2-14-27-25(12-1)26-13-7-16-31-30(26)34(27)22-9-6-11-24(19-22)35-23-10-5-8-21(18-23)29-28-15-3-4-17-33(28)20-32-29/h1-20H. The molecule has 0 aliphatic carbocycles. The minimum absolute atomic E-state index is 0.760. The van der Waals surface area contributed by atoms with Gasteiger partial charge in [-0.25, -0.2) is 9.97 Å². The molecule has 0 N–H and O–H groups in total. The van der Waals surface area contributed by atoms with Gasteiger partial charge in [0.15, 0.2) is 0 Å². The van der Waals surface area contributed by atoms with E-state index in [2.05, 4.69) is 69.1 Å². The SMILES string of the molecule is c1cc(Oc2cccc(-n3c4ccccc4c4cccnc43)c2)cc(-c2ncn3ccccc23)c1. The van der Waals surface area contributed by atoms with Crippen LogP contribution in [0.25, 0.3) is 44.4 Å². The summed E-state index contributed by atoms with van der Waals surface area (Å²) in [6.45, 7) is 0. The molecule has 5 nitrogen and oxygen atoms in total. The first kappa shape index (κ1) is 19.6. The number of imidazole rings is 1. The summed E-state index contributed by atoms with van der Waals surface area (Å²) in [6.07, 6.45) is 5.67. The van der Waals surface area contributed by atoms with Gasteiger partial charge in [-0.3, -0.25) is 4.57 Å². The molecule has 0 unspecified atom stereocenters. The lowest BCUT2D eigenvalue weighted by Gasteiger charge is -2.11. The fourth-order valence-corrected chi connectivity index (χ4v) is 4.75. The van der Waals surface area contributed by atoms with E-state index in [9.17, 15) is 0 Å². The smallest absolute Gasteiger partial charge is 0.145 e. The van der Waals surface area contributed by atoms with Crippen LogP contribution < -0.4 is 4.74 Å². The van der Waals surface area contributed by atoms with Gasteiger partial charge in [0.2, 0.25) is 0 Å². The Morgan fingerprint density at radius 3 is 2.40 bits per heavy atom. The third-order valence-electron chi connectivity index (χ3n) is 6.30. The zero-order valence-electron chi connectivity index (χ0n) is 18.7. The highest BCUT2D eigenvalue weighted by atomic mass is 16.5. The van der Waals surface area contributed by atoms with Crippen LogP contribution in [0, 0.1) is 0 Å². The quantitative estimate of drug-likeness (QED) is 0.282. The van der Waals surface area contributed by atoms with Crippen LogP contribution in [-0.4, -0.2) is 18.9 Å². The summed E-state index contributed by atoms with van der Waals surface area (Å²) in [7, 11) is 0. The molecule has 5 heteroatoms. The van der Waals surface area contributed by atoms with Crippen molar-refractivity contribution in [3.05, 3.63) is 122 Å². The van der Waals surface area contributed by atoms with Crippen molar-refractivity contribution < 1.29 is 4.74 Å². The topological polar surface area (TPSA) is 44.3 Å². The highest BCUT2D eigenvalue weighted by Gasteiger charge is 2.13. The third kappa shape index (κ3) is 3.25. The molecule has 0 aliphatic heterocycles. The number of hydrogen-bond acceptors (Lipinski definition) is 3. The largest absolute Gasteiger partial charge is 0.457 e. The first-order chi connectivity index (χ1) is 17.3. The Morgan fingerprint density at radius 2 is 1.43 bits per heavy atom. The summed E-state index contributed by atoms with van der Waals surface area (Å²) < 4.78 is 10.5. The van der Waals surface area contributed by atoms with Crippen LogP contribution in [0.3, 0.4) is 0 Å². The van der Waals surface area contributed by atoms with Gasteiger partial charge in [-0.2, -0.15) is 0 Å². The Hall–Kier alpha value is -4.90. The van der Waals surface area contributed by atoms with Gasteiger partial charge in [-0.15, -0.1) is 0 Å². The van der Waals surface area contributed by atoms with Gasteiger partial charge in [-0.1, -0.05) is 42.5 Å². The molecule has 0 atom stereocenters. The van der Waals surface area contributed by atoms with E-state index < -0.39 is 0 Å². The molecule has 0 radical (unpaired) electrons. The van der Waals surface area contributed by atoms with E-state index in [0.717, 1.165) is 50.5 Å². The lowest BCUT2D eigenvalue weighted by molar-refractivity contribution is 0.482. The van der Waals surface area contributed by atoms with Crippen molar-refractivity contribution in [2.75, 3.05) is 0 Å². The molecule has 7 aromatic rings. The second kappa shape index (κ2) is 7.85. The first-order valence-corrected chi connectivity index (χ1v) is 11.5. The van der Waals surface area contributed by atoms with Gasteiger partial charge in [0.05, 0.1) is 28.7 Å². The van der Waals surface area contributed by atoms with E-state index in [-0.39, 0.29) is 0 Å². The number of fused-ring (bicyclic) bond motifs is 4. The Kier molecular flexibility index (Phi) is 4.39. The lowest BCUT2D eigenvalue weighted by Crippen LogP contribution is -1.96. The van der Waals surface area contributed by atoms with E-state index in [1.165, 1.54) is 5.39 Å². The van der Waals surface area contributed by atoms with Gasteiger partial charge in [0.1, 0.15) is 17.1 Å². The maximum Gasteiger partial charge on any atom is 0.145 e. The Morgan fingerprint density at radius 1 is 0.629 bits per heavy atom. The first-order valence-electron chi connectivity index (χ1n) is 11.5. The Labute approximate surface area is 201 Å². The summed E-state index contributed by atoms with van der Waals surface area (Å²) in [4.78, 5) is 9.30. The molecule has 0 fully saturated rings. The second-order valence-electron chi connectivity index (χ2n) is 8.44. The minimum atomic E-state index is 0.760. The normalized spacial score (nSPS) is 11.4. The Bertz CT molecular complexity index is 1790. The molecule has 3 aromatic carbocycles. The monoisotopic (exact) mass is 452 g/mol. The Balaban J connectivity index is 1.29. The van der Waals surface area contributed by atoms with E-state index in [1.807, 2.05) is 71.7 Å². The maximum absolute atomic E-state index is 6.32. The van der Waals surface area contributed by atoms with Gasteiger partial charge in [0.25, 0.3) is 0 Å². The molecular weight excluding hydrogens is 432 g/mol. The number of hydrogen-bond donors (Lipinski definition) is 0. The summed E-state index contributed by atoms with van der Waals surface area (Å²) in [5.41, 5.74) is 6.06. The van der Waals surface area contributed by atoms with Crippen LogP contribution in [0.2, 0.25) is 0 Å². The molecule has 0 amide bonds. The molecule has 0 bridgehead atoms. The molecule has 0 saturated heterocycles. The molecule has 0 saturated carbocycles. The zero-order valence-corrected chi connectivity index (χ0v) is 18.7. The summed E-state index contributed by atoms with van der Waals surface area (Å²) >= 11 is 0. The third-order valence-corrected chi connectivity index (χ3v) is 6.30. The van der Waals surface area contributed by atoms with Crippen LogP contribution >= 0.6 is 0 Å². The predicted molar refractivity (Wildman–Crippen MR) is 139 cm³/mol. The number of nitrogens with zero attached hydrogens (tertiary/aromatic N) is 4. The number of pyridine rings is 2. The van der Waals surface area contributed by atoms with Crippen molar-refractivity contribution in [1.29, 1.82) is 0 Å². The van der Waals surface area contributed by atoms with Crippen molar-refractivity contribution in [1.82, 2.24) is 18.9 Å². The van der Waals surface area contributed by atoms with E-state index in [1.54, 1.807) is 0 Å². The fourth-order valence-electron chi connectivity index (χ4n) is 4.75. The molecule has 0 spiro atoms. The number of para-hydroxylation sites is 1. The summed E-state index contributed by atoms with van der Waals surface area (Å²) in [5.74, 6) is 1.52. The molecule has 0 aliphatic rings. The van der Waals surface area contributed by atoms with Crippen molar-refractivity contribution in [3.8, 4) is 28.4 Å².